The van der Waals surface area contributed by atoms with Gasteiger partial charge in [0.15, 0.2) is 0 Å². The van der Waals surface area contributed by atoms with Crippen molar-refractivity contribution < 1.29 is 9.59 Å². The van der Waals surface area contributed by atoms with Gasteiger partial charge in [-0.2, -0.15) is 0 Å². The van der Waals surface area contributed by atoms with Crippen LogP contribution < -0.4 is 10.2 Å². The molecule has 30 heavy (non-hydrogen) atoms. The molecule has 1 N–H and O–H groups in total. The van der Waals surface area contributed by atoms with Crippen molar-refractivity contribution in [3.05, 3.63) is 95.1 Å². The SMILES string of the molecule is Cc1ccc(NC(=O)[C@@H]2CCN(c3ccccc3Cc3ccccc3)C2=O)cc1C. The molecule has 0 unspecified atom stereocenters. The quantitative estimate of drug-likeness (QED) is 0.623. The summed E-state index contributed by atoms with van der Waals surface area (Å²) in [6.07, 6.45) is 1.27. The number of carbonyl (C=O) groups excluding carboxylic acids is 2. The molecule has 0 bridgehead atoms. The van der Waals surface area contributed by atoms with Crippen molar-refractivity contribution in [1.29, 1.82) is 0 Å². The van der Waals surface area contributed by atoms with Crippen LogP contribution in [0.3, 0.4) is 0 Å². The third kappa shape index (κ3) is 4.13. The fraction of sp³-hybridized carbons (Fsp3) is 0.231. The van der Waals surface area contributed by atoms with Crippen molar-refractivity contribution >= 4 is 23.2 Å². The molecule has 4 nitrogen and oxygen atoms in total. The average molecular weight is 399 g/mol. The lowest BCUT2D eigenvalue weighted by molar-refractivity contribution is -0.129. The number of para-hydroxylation sites is 1. The van der Waals surface area contributed by atoms with E-state index in [2.05, 4.69) is 23.5 Å². The maximum Gasteiger partial charge on any atom is 0.239 e. The number of aryl methyl sites for hydroxylation is 2. The fourth-order valence-electron chi connectivity index (χ4n) is 3.95. The molecular formula is C26H26N2O2. The third-order valence-electron chi connectivity index (χ3n) is 5.82. The van der Waals surface area contributed by atoms with E-state index < -0.39 is 5.92 Å². The Kier molecular flexibility index (Phi) is 5.66. The molecule has 2 amide bonds. The number of anilines is 2. The Balaban J connectivity index is 1.50. The van der Waals surface area contributed by atoms with Crippen molar-refractivity contribution in [3.63, 3.8) is 0 Å². The van der Waals surface area contributed by atoms with Gasteiger partial charge in [0.2, 0.25) is 11.8 Å². The van der Waals surface area contributed by atoms with Gasteiger partial charge in [0.1, 0.15) is 5.92 Å². The first-order chi connectivity index (χ1) is 14.5. The van der Waals surface area contributed by atoms with E-state index in [0.717, 1.165) is 28.9 Å². The zero-order valence-corrected chi connectivity index (χ0v) is 17.4. The minimum Gasteiger partial charge on any atom is -0.325 e. The number of hydrogen-bond donors (Lipinski definition) is 1. The Morgan fingerprint density at radius 1 is 0.967 bits per heavy atom. The van der Waals surface area contributed by atoms with Crippen LogP contribution in [-0.4, -0.2) is 18.4 Å². The number of benzene rings is 3. The van der Waals surface area contributed by atoms with Gasteiger partial charge in [0.25, 0.3) is 0 Å². The molecule has 3 aromatic rings. The van der Waals surface area contributed by atoms with Gasteiger partial charge in [-0.15, -0.1) is 0 Å². The lowest BCUT2D eigenvalue weighted by Crippen LogP contribution is -2.33. The summed E-state index contributed by atoms with van der Waals surface area (Å²) in [6, 6.07) is 24.0. The van der Waals surface area contributed by atoms with Crippen molar-refractivity contribution in [1.82, 2.24) is 0 Å². The Morgan fingerprint density at radius 2 is 1.70 bits per heavy atom. The van der Waals surface area contributed by atoms with Crippen LogP contribution in [0.25, 0.3) is 0 Å². The molecule has 3 aromatic carbocycles. The van der Waals surface area contributed by atoms with E-state index in [0.29, 0.717) is 13.0 Å². The largest absolute Gasteiger partial charge is 0.325 e. The molecule has 4 rings (SSSR count). The topological polar surface area (TPSA) is 49.4 Å². The van der Waals surface area contributed by atoms with Gasteiger partial charge < -0.3 is 10.2 Å². The molecule has 0 radical (unpaired) electrons. The molecule has 0 saturated carbocycles. The minimum atomic E-state index is -0.656. The van der Waals surface area contributed by atoms with Gasteiger partial charge in [0, 0.05) is 17.9 Å². The van der Waals surface area contributed by atoms with Crippen molar-refractivity contribution in [2.45, 2.75) is 26.7 Å². The van der Waals surface area contributed by atoms with E-state index in [1.807, 2.05) is 68.4 Å². The molecule has 1 heterocycles. The smallest absolute Gasteiger partial charge is 0.239 e. The first-order valence-corrected chi connectivity index (χ1v) is 10.3. The maximum atomic E-state index is 13.1. The minimum absolute atomic E-state index is 0.128. The highest BCUT2D eigenvalue weighted by molar-refractivity contribution is 6.13. The van der Waals surface area contributed by atoms with Crippen LogP contribution in [0, 0.1) is 19.8 Å². The third-order valence-corrected chi connectivity index (χ3v) is 5.82. The van der Waals surface area contributed by atoms with Crippen molar-refractivity contribution in [2.24, 2.45) is 5.92 Å². The number of rotatable bonds is 5. The highest BCUT2D eigenvalue weighted by atomic mass is 16.2. The number of hydrogen-bond acceptors (Lipinski definition) is 2. The normalized spacial score (nSPS) is 16.0. The molecular weight excluding hydrogens is 372 g/mol. The number of carbonyl (C=O) groups is 2. The molecule has 0 spiro atoms. The number of nitrogens with one attached hydrogen (secondary N) is 1. The lowest BCUT2D eigenvalue weighted by Gasteiger charge is -2.20. The van der Waals surface area contributed by atoms with Crippen LogP contribution in [0.2, 0.25) is 0 Å². The van der Waals surface area contributed by atoms with Crippen LogP contribution >= 0.6 is 0 Å². The number of nitrogens with zero attached hydrogens (tertiary/aromatic N) is 1. The highest BCUT2D eigenvalue weighted by Crippen LogP contribution is 2.30. The van der Waals surface area contributed by atoms with E-state index in [4.69, 9.17) is 0 Å². The van der Waals surface area contributed by atoms with Gasteiger partial charge >= 0.3 is 0 Å². The Hall–Kier alpha value is -3.40. The highest BCUT2D eigenvalue weighted by Gasteiger charge is 2.38. The summed E-state index contributed by atoms with van der Waals surface area (Å²) in [6.45, 7) is 4.60. The fourth-order valence-corrected chi connectivity index (χ4v) is 3.95. The van der Waals surface area contributed by atoms with Gasteiger partial charge in [-0.1, -0.05) is 54.6 Å². The first kappa shape index (κ1) is 19.9. The van der Waals surface area contributed by atoms with E-state index in [-0.39, 0.29) is 11.8 Å². The maximum absolute atomic E-state index is 13.1. The molecule has 1 atom stereocenters. The second-order valence-electron chi connectivity index (χ2n) is 7.91. The Labute approximate surface area is 177 Å². The molecule has 0 aromatic heterocycles. The standard InChI is InChI=1S/C26H26N2O2/c1-18-12-13-22(16-19(18)2)27-25(29)23-14-15-28(26(23)30)24-11-7-6-10-21(24)17-20-8-4-3-5-9-20/h3-13,16,23H,14-15,17H2,1-2H3,(H,27,29)/t23-/m0/s1. The first-order valence-electron chi connectivity index (χ1n) is 10.3. The van der Waals surface area contributed by atoms with Gasteiger partial charge in [-0.3, -0.25) is 9.59 Å². The van der Waals surface area contributed by atoms with Crippen LogP contribution in [0.4, 0.5) is 11.4 Å². The molecule has 1 aliphatic heterocycles. The summed E-state index contributed by atoms with van der Waals surface area (Å²) in [4.78, 5) is 27.7. The monoisotopic (exact) mass is 398 g/mol. The van der Waals surface area contributed by atoms with Crippen LogP contribution in [0.15, 0.2) is 72.8 Å². The molecule has 1 saturated heterocycles. The predicted molar refractivity (Wildman–Crippen MR) is 121 cm³/mol. The molecule has 152 valence electrons. The summed E-state index contributed by atoms with van der Waals surface area (Å²) >= 11 is 0. The average Bonchev–Trinajstić information content (AvgIpc) is 3.13. The summed E-state index contributed by atoms with van der Waals surface area (Å²) in [5, 5.41) is 2.92. The van der Waals surface area contributed by atoms with E-state index in [1.165, 1.54) is 11.1 Å². The number of amides is 2. The Bertz CT molecular complexity index is 1080. The summed E-state index contributed by atoms with van der Waals surface area (Å²) in [5.41, 5.74) is 6.20. The van der Waals surface area contributed by atoms with Gasteiger partial charge in [-0.25, -0.2) is 0 Å². The van der Waals surface area contributed by atoms with Gasteiger partial charge in [-0.05, 0) is 67.1 Å². The summed E-state index contributed by atoms with van der Waals surface area (Å²) in [7, 11) is 0. The molecule has 0 aliphatic carbocycles. The summed E-state index contributed by atoms with van der Waals surface area (Å²) in [5.74, 6) is -1.01. The molecule has 1 fully saturated rings. The van der Waals surface area contributed by atoms with Crippen molar-refractivity contribution in [3.8, 4) is 0 Å². The van der Waals surface area contributed by atoms with Crippen LogP contribution in [0.1, 0.15) is 28.7 Å². The van der Waals surface area contributed by atoms with Crippen LogP contribution in [0.5, 0.6) is 0 Å². The van der Waals surface area contributed by atoms with Crippen LogP contribution in [-0.2, 0) is 16.0 Å². The summed E-state index contributed by atoms with van der Waals surface area (Å²) < 4.78 is 0. The van der Waals surface area contributed by atoms with Gasteiger partial charge in [0.05, 0.1) is 0 Å². The van der Waals surface area contributed by atoms with E-state index in [1.54, 1.807) is 4.90 Å². The second-order valence-corrected chi connectivity index (χ2v) is 7.91. The molecule has 4 heteroatoms. The predicted octanol–water partition coefficient (Wildman–Crippen LogP) is 4.89. The zero-order valence-electron chi connectivity index (χ0n) is 17.4. The zero-order chi connectivity index (χ0) is 21.1. The van der Waals surface area contributed by atoms with E-state index in [9.17, 15) is 9.59 Å². The van der Waals surface area contributed by atoms with Crippen molar-refractivity contribution in [2.75, 3.05) is 16.8 Å². The molecule has 1 aliphatic rings. The lowest BCUT2D eigenvalue weighted by atomic mass is 10.0. The van der Waals surface area contributed by atoms with E-state index >= 15 is 0 Å². The second kappa shape index (κ2) is 8.54. The Morgan fingerprint density at radius 3 is 2.47 bits per heavy atom.